The number of aliphatic hydroxyl groups excluding tert-OH is 1. The molecule has 172 valence electrons. The lowest BCUT2D eigenvalue weighted by Crippen LogP contribution is -2.62. The van der Waals surface area contributed by atoms with E-state index in [0.29, 0.717) is 42.2 Å². The second-order valence-corrected chi connectivity index (χ2v) is 11.4. The summed E-state index contributed by atoms with van der Waals surface area (Å²) >= 11 is 0. The van der Waals surface area contributed by atoms with Crippen LogP contribution in [0.2, 0.25) is 0 Å². The Morgan fingerprint density at radius 2 is 1.90 bits per heavy atom. The summed E-state index contributed by atoms with van der Waals surface area (Å²) in [6.45, 7) is 6.10. The van der Waals surface area contributed by atoms with Crippen molar-refractivity contribution < 1.29 is 15.1 Å². The van der Waals surface area contributed by atoms with Crippen LogP contribution in [0, 0.1) is 34.5 Å². The fourth-order valence-electron chi connectivity index (χ4n) is 8.36. The van der Waals surface area contributed by atoms with Gasteiger partial charge in [-0.3, -0.25) is 0 Å². The van der Waals surface area contributed by atoms with Gasteiger partial charge in [0.1, 0.15) is 6.61 Å². The van der Waals surface area contributed by atoms with Crippen LogP contribution in [-0.4, -0.2) is 41.3 Å². The summed E-state index contributed by atoms with van der Waals surface area (Å²) in [5, 5.41) is 26.5. The Labute approximate surface area is 182 Å². The highest BCUT2D eigenvalue weighted by molar-refractivity contribution is 5.56. The van der Waals surface area contributed by atoms with Gasteiger partial charge in [-0.05, 0) is 118 Å². The number of oxime groups is 1. The van der Waals surface area contributed by atoms with Crippen molar-refractivity contribution in [1.82, 2.24) is 0 Å². The third kappa shape index (κ3) is 3.63. The summed E-state index contributed by atoms with van der Waals surface area (Å²) in [5.74, 6) is 2.27. The molecule has 0 amide bonds. The second kappa shape index (κ2) is 8.71. The lowest BCUT2D eigenvalue weighted by molar-refractivity contribution is -0.210. The normalized spacial score (nSPS) is 48.2. The predicted molar refractivity (Wildman–Crippen MR) is 120 cm³/mol. The number of hydrogen-bond donors (Lipinski definition) is 3. The molecule has 30 heavy (non-hydrogen) atoms. The van der Waals surface area contributed by atoms with Crippen molar-refractivity contribution in [1.29, 1.82) is 0 Å². The molecule has 5 heteroatoms. The molecule has 0 aromatic heterocycles. The van der Waals surface area contributed by atoms with Crippen molar-refractivity contribution in [2.75, 3.05) is 13.2 Å². The molecule has 0 unspecified atom stereocenters. The van der Waals surface area contributed by atoms with Gasteiger partial charge < -0.3 is 20.8 Å². The Morgan fingerprint density at radius 1 is 1.07 bits per heavy atom. The van der Waals surface area contributed by atoms with Crippen LogP contribution in [0.1, 0.15) is 90.9 Å². The first-order valence-corrected chi connectivity index (χ1v) is 12.6. The first-order valence-electron chi connectivity index (χ1n) is 12.6. The molecule has 0 heterocycles. The van der Waals surface area contributed by atoms with Gasteiger partial charge in [-0.2, -0.15) is 0 Å². The molecular formula is C25H44N2O3. The Bertz CT molecular complexity index is 628. The van der Waals surface area contributed by atoms with Crippen molar-refractivity contribution in [3.63, 3.8) is 0 Å². The molecule has 4 aliphatic carbocycles. The zero-order chi connectivity index (χ0) is 21.4. The highest BCUT2D eigenvalue weighted by Crippen LogP contribution is 2.69. The van der Waals surface area contributed by atoms with Gasteiger partial charge in [0.05, 0.1) is 11.7 Å². The maximum Gasteiger partial charge on any atom is 0.118 e. The van der Waals surface area contributed by atoms with Crippen LogP contribution >= 0.6 is 0 Å². The number of nitrogens with zero attached hydrogens (tertiary/aromatic N) is 1. The average Bonchev–Trinajstić information content (AvgIpc) is 2.99. The molecule has 0 spiro atoms. The summed E-state index contributed by atoms with van der Waals surface area (Å²) in [4.78, 5) is 5.25. The van der Waals surface area contributed by atoms with E-state index in [0.717, 1.165) is 64.2 Å². The topological polar surface area (TPSA) is 88.1 Å². The van der Waals surface area contributed by atoms with Crippen molar-refractivity contribution in [3.05, 3.63) is 0 Å². The van der Waals surface area contributed by atoms with Crippen LogP contribution in [0.4, 0.5) is 0 Å². The van der Waals surface area contributed by atoms with E-state index in [9.17, 15) is 10.2 Å². The Kier molecular flexibility index (Phi) is 6.54. The number of nitrogens with two attached hydrogens (primary N) is 1. The average molecular weight is 421 g/mol. The van der Waals surface area contributed by atoms with E-state index in [4.69, 9.17) is 10.6 Å². The van der Waals surface area contributed by atoms with E-state index in [1.54, 1.807) is 0 Å². The quantitative estimate of drug-likeness (QED) is 0.326. The van der Waals surface area contributed by atoms with E-state index >= 15 is 0 Å². The second-order valence-electron chi connectivity index (χ2n) is 11.4. The van der Waals surface area contributed by atoms with Crippen molar-refractivity contribution in [2.24, 2.45) is 45.4 Å². The Morgan fingerprint density at radius 3 is 2.70 bits per heavy atom. The van der Waals surface area contributed by atoms with E-state index < -0.39 is 5.60 Å². The molecule has 4 rings (SSSR count). The van der Waals surface area contributed by atoms with Crippen LogP contribution in [-0.2, 0) is 4.84 Å². The molecule has 0 radical (unpaired) electrons. The first-order chi connectivity index (χ1) is 14.3. The molecule has 0 aromatic rings. The van der Waals surface area contributed by atoms with Crippen LogP contribution in [0.25, 0.3) is 0 Å². The third-order valence-corrected chi connectivity index (χ3v) is 10.2. The minimum Gasteiger partial charge on any atom is -0.396 e. The lowest BCUT2D eigenvalue weighted by atomic mass is 9.43. The van der Waals surface area contributed by atoms with E-state index in [1.807, 2.05) is 6.21 Å². The van der Waals surface area contributed by atoms with E-state index in [1.165, 1.54) is 12.8 Å². The molecule has 0 aliphatic heterocycles. The van der Waals surface area contributed by atoms with E-state index in [2.05, 4.69) is 19.0 Å². The third-order valence-electron chi connectivity index (χ3n) is 10.2. The van der Waals surface area contributed by atoms with E-state index in [-0.39, 0.29) is 11.5 Å². The fraction of sp³-hybridized carbons (Fsp3) is 0.960. The molecular weight excluding hydrogens is 376 g/mol. The molecule has 4 aliphatic rings. The Hall–Kier alpha value is -0.650. The summed E-state index contributed by atoms with van der Waals surface area (Å²) < 4.78 is 0. The molecule has 8 atom stereocenters. The zero-order valence-corrected chi connectivity index (χ0v) is 19.2. The molecule has 4 N–H and O–H groups in total. The largest absolute Gasteiger partial charge is 0.396 e. The standard InChI is InChI=1S/C25H44N2O3/c1-23-11-9-20(28)17-19(23)6-7-22-21(23)10-12-24(2)18(8-13-25(22,24)29)5-3-15-27-30-16-4-14-26/h15,18-22,28-29H,3-14,16-17,26H2,1-2H3/b27-15+/t18-,19+,20-,21-,22+,23-,24+,25-/m0/s1. The number of fused-ring (bicyclic) bond motifs is 5. The molecule has 0 aromatic carbocycles. The molecule has 4 fully saturated rings. The van der Waals surface area contributed by atoms with Crippen LogP contribution in [0.3, 0.4) is 0 Å². The molecule has 4 saturated carbocycles. The van der Waals surface area contributed by atoms with Gasteiger partial charge in [0.2, 0.25) is 0 Å². The van der Waals surface area contributed by atoms with Gasteiger partial charge in [0.25, 0.3) is 0 Å². The SMILES string of the molecule is C[C@]12CC[C@H](O)C[C@H]1CC[C@@H]1[C@@H]2CC[C@]2(C)[C@@H](CC/C=N/OCCCN)CC[C@]12O. The summed E-state index contributed by atoms with van der Waals surface area (Å²) in [6.07, 6.45) is 14.5. The number of aliphatic hydroxyl groups is 2. The maximum absolute atomic E-state index is 12.2. The molecule has 5 nitrogen and oxygen atoms in total. The van der Waals surface area contributed by atoms with Crippen molar-refractivity contribution in [3.8, 4) is 0 Å². The van der Waals surface area contributed by atoms with Gasteiger partial charge in [-0.25, -0.2) is 0 Å². The van der Waals surface area contributed by atoms with Gasteiger partial charge in [0.15, 0.2) is 0 Å². The first kappa shape index (κ1) is 22.5. The summed E-state index contributed by atoms with van der Waals surface area (Å²) in [7, 11) is 0. The minimum atomic E-state index is -0.514. The fourth-order valence-corrected chi connectivity index (χ4v) is 8.36. The lowest BCUT2D eigenvalue weighted by Gasteiger charge is -2.63. The maximum atomic E-state index is 12.2. The minimum absolute atomic E-state index is 0.0276. The van der Waals surface area contributed by atoms with Gasteiger partial charge in [0, 0.05) is 6.21 Å². The number of hydrogen-bond acceptors (Lipinski definition) is 5. The zero-order valence-electron chi connectivity index (χ0n) is 19.2. The van der Waals surface area contributed by atoms with Crippen molar-refractivity contribution >= 4 is 6.21 Å². The molecule has 0 bridgehead atoms. The highest BCUT2D eigenvalue weighted by Gasteiger charge is 2.66. The highest BCUT2D eigenvalue weighted by atomic mass is 16.6. The van der Waals surface area contributed by atoms with Crippen LogP contribution in [0.5, 0.6) is 0 Å². The van der Waals surface area contributed by atoms with Gasteiger partial charge >= 0.3 is 0 Å². The van der Waals surface area contributed by atoms with Gasteiger partial charge in [-0.15, -0.1) is 0 Å². The summed E-state index contributed by atoms with van der Waals surface area (Å²) in [5.41, 5.74) is 5.30. The van der Waals surface area contributed by atoms with Gasteiger partial charge in [-0.1, -0.05) is 19.0 Å². The smallest absolute Gasteiger partial charge is 0.118 e. The monoisotopic (exact) mass is 420 g/mol. The van der Waals surface area contributed by atoms with Crippen LogP contribution in [0.15, 0.2) is 5.16 Å². The Balaban J connectivity index is 1.42. The number of rotatable bonds is 7. The predicted octanol–water partition coefficient (Wildman–Crippen LogP) is 4.25. The van der Waals surface area contributed by atoms with Crippen molar-refractivity contribution in [2.45, 2.75) is 103 Å². The molecule has 0 saturated heterocycles. The summed E-state index contributed by atoms with van der Waals surface area (Å²) in [6, 6.07) is 0. The van der Waals surface area contributed by atoms with Crippen LogP contribution < -0.4 is 5.73 Å².